The molecule has 128 valence electrons. The number of allylic oxidation sites excluding steroid dienone is 2. The van der Waals surface area contributed by atoms with Crippen molar-refractivity contribution >= 4 is 22.7 Å². The molecule has 0 aromatic heterocycles. The molecule has 0 aliphatic heterocycles. The number of hydrogen-bond donors (Lipinski definition) is 0. The highest BCUT2D eigenvalue weighted by molar-refractivity contribution is 6.49. The minimum Gasteiger partial charge on any atom is -0.281 e. The molecule has 0 radical (unpaired) electrons. The predicted octanol–water partition coefficient (Wildman–Crippen LogP) is 2.51. The molecule has 1 aliphatic rings. The van der Waals surface area contributed by atoms with Gasteiger partial charge in [0.15, 0.2) is 0 Å². The SMILES string of the molecule is O=C1C(c2ccccc2)=C(c2ccccc2)C(=O)C([N+](=O)[O-])=C1[N+](=O)[O-]. The Morgan fingerprint density at radius 1 is 0.577 bits per heavy atom. The summed E-state index contributed by atoms with van der Waals surface area (Å²) in [6.45, 7) is 0. The molecule has 26 heavy (non-hydrogen) atoms. The van der Waals surface area contributed by atoms with E-state index in [1.165, 1.54) is 24.3 Å². The van der Waals surface area contributed by atoms with Crippen LogP contribution in [0.2, 0.25) is 0 Å². The van der Waals surface area contributed by atoms with Crippen molar-refractivity contribution < 1.29 is 19.4 Å². The molecule has 3 rings (SSSR count). The molecule has 1 aliphatic carbocycles. The van der Waals surface area contributed by atoms with Crippen LogP contribution < -0.4 is 0 Å². The third-order valence-electron chi connectivity index (χ3n) is 3.85. The summed E-state index contributed by atoms with van der Waals surface area (Å²) >= 11 is 0. The zero-order chi connectivity index (χ0) is 18.8. The Bertz CT molecular complexity index is 925. The van der Waals surface area contributed by atoms with Gasteiger partial charge in [0, 0.05) is 11.1 Å². The zero-order valence-electron chi connectivity index (χ0n) is 13.1. The van der Waals surface area contributed by atoms with Crippen LogP contribution in [0.4, 0.5) is 0 Å². The number of Topliss-reactive ketones (excluding diaryl/α,β-unsaturated/α-hetero) is 2. The normalized spacial score (nSPS) is 14.6. The number of carbonyl (C=O) groups excluding carboxylic acids is 2. The van der Waals surface area contributed by atoms with Gasteiger partial charge in [0.05, 0.1) is 9.85 Å². The third kappa shape index (κ3) is 2.69. The lowest BCUT2D eigenvalue weighted by Gasteiger charge is -2.16. The van der Waals surface area contributed by atoms with Crippen LogP contribution in [-0.2, 0) is 9.59 Å². The predicted molar refractivity (Wildman–Crippen MR) is 90.7 cm³/mol. The fourth-order valence-electron chi connectivity index (χ4n) is 2.78. The van der Waals surface area contributed by atoms with Crippen LogP contribution in [0.15, 0.2) is 72.1 Å². The van der Waals surface area contributed by atoms with Gasteiger partial charge in [0.1, 0.15) is 0 Å². The van der Waals surface area contributed by atoms with E-state index >= 15 is 0 Å². The largest absolute Gasteiger partial charge is 0.397 e. The molecule has 0 fully saturated rings. The fraction of sp³-hybridized carbons (Fsp3) is 0. The van der Waals surface area contributed by atoms with Gasteiger partial charge in [0.25, 0.3) is 11.6 Å². The number of carbonyl (C=O) groups is 2. The first-order valence-electron chi connectivity index (χ1n) is 7.41. The molecule has 0 saturated heterocycles. The Balaban J connectivity index is 2.39. The molecule has 2 aromatic rings. The van der Waals surface area contributed by atoms with E-state index in [-0.39, 0.29) is 22.3 Å². The van der Waals surface area contributed by atoms with Gasteiger partial charge in [-0.05, 0) is 11.1 Å². The number of rotatable bonds is 4. The minimum absolute atomic E-state index is 0.223. The lowest BCUT2D eigenvalue weighted by atomic mass is 9.83. The lowest BCUT2D eigenvalue weighted by Crippen LogP contribution is -2.30. The first-order valence-corrected chi connectivity index (χ1v) is 7.41. The van der Waals surface area contributed by atoms with Crippen LogP contribution in [0, 0.1) is 20.2 Å². The van der Waals surface area contributed by atoms with Crippen molar-refractivity contribution in [3.05, 3.63) is 103 Å². The Kier molecular flexibility index (Phi) is 4.24. The molecule has 0 spiro atoms. The number of hydrogen-bond acceptors (Lipinski definition) is 6. The van der Waals surface area contributed by atoms with Gasteiger partial charge in [-0.1, -0.05) is 60.7 Å². The summed E-state index contributed by atoms with van der Waals surface area (Å²) in [6, 6.07) is 15.8. The van der Waals surface area contributed by atoms with Gasteiger partial charge in [0.2, 0.25) is 0 Å². The molecular formula is C18H10N2O6. The molecule has 0 bridgehead atoms. The van der Waals surface area contributed by atoms with Crippen molar-refractivity contribution in [3.63, 3.8) is 0 Å². The van der Waals surface area contributed by atoms with Gasteiger partial charge in [-0.2, -0.15) is 0 Å². The van der Waals surface area contributed by atoms with E-state index in [4.69, 9.17) is 0 Å². The topological polar surface area (TPSA) is 120 Å². The lowest BCUT2D eigenvalue weighted by molar-refractivity contribution is -0.462. The van der Waals surface area contributed by atoms with E-state index < -0.39 is 32.8 Å². The maximum atomic E-state index is 12.8. The summed E-state index contributed by atoms with van der Waals surface area (Å²) in [5.74, 6) is -2.32. The fourth-order valence-corrected chi connectivity index (χ4v) is 2.78. The first-order chi connectivity index (χ1) is 12.4. The van der Waals surface area contributed by atoms with Crippen molar-refractivity contribution in [1.82, 2.24) is 0 Å². The number of benzene rings is 2. The zero-order valence-corrected chi connectivity index (χ0v) is 13.1. The summed E-state index contributed by atoms with van der Waals surface area (Å²) < 4.78 is 0. The van der Waals surface area contributed by atoms with Crippen molar-refractivity contribution in [2.24, 2.45) is 0 Å². The van der Waals surface area contributed by atoms with E-state index in [2.05, 4.69) is 0 Å². The van der Waals surface area contributed by atoms with Crippen molar-refractivity contribution in [1.29, 1.82) is 0 Å². The highest BCUT2D eigenvalue weighted by Crippen LogP contribution is 2.37. The molecule has 0 heterocycles. The average Bonchev–Trinajstić information content (AvgIpc) is 2.63. The summed E-state index contributed by atoms with van der Waals surface area (Å²) in [6.07, 6.45) is 0. The molecule has 0 atom stereocenters. The minimum atomic E-state index is -1.32. The van der Waals surface area contributed by atoms with Crippen LogP contribution in [-0.4, -0.2) is 21.4 Å². The smallest absolute Gasteiger partial charge is 0.281 e. The van der Waals surface area contributed by atoms with Crippen LogP contribution in [0.3, 0.4) is 0 Å². The summed E-state index contributed by atoms with van der Waals surface area (Å²) in [5.41, 5.74) is -2.55. The van der Waals surface area contributed by atoms with Crippen molar-refractivity contribution in [2.45, 2.75) is 0 Å². The molecule has 8 nitrogen and oxygen atoms in total. The average molecular weight is 350 g/mol. The summed E-state index contributed by atoms with van der Waals surface area (Å²) in [5, 5.41) is 22.6. The molecule has 0 N–H and O–H groups in total. The standard InChI is InChI=1S/C18H10N2O6/c21-17-13(11-7-3-1-4-8-11)14(12-9-5-2-6-10-12)18(22)16(20(25)26)15(17)19(23)24/h1-10H. The second-order valence-corrected chi connectivity index (χ2v) is 5.35. The molecule has 8 heteroatoms. The van der Waals surface area contributed by atoms with Crippen LogP contribution in [0.5, 0.6) is 0 Å². The van der Waals surface area contributed by atoms with E-state index in [1.54, 1.807) is 36.4 Å². The summed E-state index contributed by atoms with van der Waals surface area (Å²) in [4.78, 5) is 45.8. The Morgan fingerprint density at radius 3 is 1.15 bits per heavy atom. The van der Waals surface area contributed by atoms with Gasteiger partial charge >= 0.3 is 11.4 Å². The summed E-state index contributed by atoms with van der Waals surface area (Å²) in [7, 11) is 0. The quantitative estimate of drug-likeness (QED) is 0.474. The Morgan fingerprint density at radius 2 is 0.885 bits per heavy atom. The van der Waals surface area contributed by atoms with Gasteiger partial charge in [-0.3, -0.25) is 29.8 Å². The van der Waals surface area contributed by atoms with Crippen LogP contribution >= 0.6 is 0 Å². The highest BCUT2D eigenvalue weighted by atomic mass is 16.6. The Labute approximate surface area is 146 Å². The van der Waals surface area contributed by atoms with Gasteiger partial charge in [-0.25, -0.2) is 0 Å². The maximum Gasteiger partial charge on any atom is 0.397 e. The molecular weight excluding hydrogens is 340 g/mol. The second kappa shape index (κ2) is 6.52. The number of nitrogens with zero attached hydrogens (tertiary/aromatic N) is 2. The maximum absolute atomic E-state index is 12.8. The van der Waals surface area contributed by atoms with Crippen molar-refractivity contribution in [3.8, 4) is 0 Å². The van der Waals surface area contributed by atoms with Gasteiger partial charge in [-0.15, -0.1) is 0 Å². The monoisotopic (exact) mass is 350 g/mol. The van der Waals surface area contributed by atoms with Crippen molar-refractivity contribution in [2.75, 3.05) is 0 Å². The van der Waals surface area contributed by atoms with E-state index in [9.17, 15) is 29.8 Å². The second-order valence-electron chi connectivity index (χ2n) is 5.35. The van der Waals surface area contributed by atoms with Crippen LogP contribution in [0.25, 0.3) is 11.1 Å². The number of nitro groups is 2. The highest BCUT2D eigenvalue weighted by Gasteiger charge is 2.49. The number of ketones is 2. The third-order valence-corrected chi connectivity index (χ3v) is 3.85. The first kappa shape index (κ1) is 16.9. The van der Waals surface area contributed by atoms with Gasteiger partial charge < -0.3 is 0 Å². The van der Waals surface area contributed by atoms with E-state index in [0.29, 0.717) is 0 Å². The molecule has 0 saturated carbocycles. The molecule has 0 unspecified atom stereocenters. The molecule has 2 aromatic carbocycles. The van der Waals surface area contributed by atoms with E-state index in [0.717, 1.165) is 0 Å². The Hall–Kier alpha value is -3.94. The van der Waals surface area contributed by atoms with E-state index in [1.807, 2.05) is 0 Å². The van der Waals surface area contributed by atoms with Crippen LogP contribution in [0.1, 0.15) is 11.1 Å². The molecule has 0 amide bonds.